The standard InChI is InChI=1S/C13H17N3O2/c1-5-16(13(3,4)12(17)18)11-10(8-14)7-6-9(2)15-11/h6-7H,5H2,1-4H3,(H,17,18). The summed E-state index contributed by atoms with van der Waals surface area (Å²) in [5, 5.41) is 18.4. The molecule has 0 atom stereocenters. The number of carboxylic acid groups (broad SMARTS) is 1. The molecule has 0 aliphatic rings. The Hall–Kier alpha value is -2.09. The predicted molar refractivity (Wildman–Crippen MR) is 68.4 cm³/mol. The van der Waals surface area contributed by atoms with Crippen molar-refractivity contribution in [1.82, 2.24) is 4.98 Å². The van der Waals surface area contributed by atoms with Gasteiger partial charge in [-0.25, -0.2) is 9.78 Å². The van der Waals surface area contributed by atoms with Crippen LogP contribution in [0.15, 0.2) is 12.1 Å². The Morgan fingerprint density at radius 1 is 1.56 bits per heavy atom. The first-order valence-electron chi connectivity index (χ1n) is 5.73. The Morgan fingerprint density at radius 2 is 2.17 bits per heavy atom. The summed E-state index contributed by atoms with van der Waals surface area (Å²) in [5.41, 5.74) is 0.0293. The van der Waals surface area contributed by atoms with Gasteiger partial charge in [0.15, 0.2) is 0 Å². The summed E-state index contributed by atoms with van der Waals surface area (Å²) in [6.07, 6.45) is 0. The molecule has 1 heterocycles. The van der Waals surface area contributed by atoms with E-state index in [1.165, 1.54) is 0 Å². The molecule has 96 valence electrons. The maximum Gasteiger partial charge on any atom is 0.328 e. The summed E-state index contributed by atoms with van der Waals surface area (Å²) in [4.78, 5) is 17.3. The molecule has 0 radical (unpaired) electrons. The molecule has 0 fully saturated rings. The third kappa shape index (κ3) is 2.43. The average Bonchev–Trinajstić information content (AvgIpc) is 2.29. The molecule has 5 nitrogen and oxygen atoms in total. The van der Waals surface area contributed by atoms with Crippen molar-refractivity contribution in [3.05, 3.63) is 23.4 Å². The van der Waals surface area contributed by atoms with Crippen molar-refractivity contribution in [2.75, 3.05) is 11.4 Å². The number of hydrogen-bond donors (Lipinski definition) is 1. The summed E-state index contributed by atoms with van der Waals surface area (Å²) in [7, 11) is 0. The zero-order valence-corrected chi connectivity index (χ0v) is 11.1. The van der Waals surface area contributed by atoms with E-state index in [0.29, 0.717) is 17.9 Å². The number of rotatable bonds is 4. The van der Waals surface area contributed by atoms with E-state index in [2.05, 4.69) is 11.1 Å². The highest BCUT2D eigenvalue weighted by Gasteiger charge is 2.35. The number of pyridine rings is 1. The number of aryl methyl sites for hydroxylation is 1. The molecule has 1 aromatic rings. The Balaban J connectivity index is 3.38. The smallest absolute Gasteiger partial charge is 0.328 e. The van der Waals surface area contributed by atoms with E-state index >= 15 is 0 Å². The lowest BCUT2D eigenvalue weighted by atomic mass is 10.0. The third-order valence-electron chi connectivity index (χ3n) is 2.90. The van der Waals surface area contributed by atoms with Gasteiger partial charge in [-0.15, -0.1) is 0 Å². The Bertz CT molecular complexity index is 503. The average molecular weight is 247 g/mol. The van der Waals surface area contributed by atoms with Crippen LogP contribution in [0.25, 0.3) is 0 Å². The number of nitrogens with zero attached hydrogens (tertiary/aromatic N) is 3. The molecule has 1 N–H and O–H groups in total. The first-order valence-corrected chi connectivity index (χ1v) is 5.73. The van der Waals surface area contributed by atoms with Gasteiger partial charge in [0.25, 0.3) is 0 Å². The SMILES string of the molecule is CCN(c1nc(C)ccc1C#N)C(C)(C)C(=O)O. The molecule has 0 bridgehead atoms. The summed E-state index contributed by atoms with van der Waals surface area (Å²) < 4.78 is 0. The highest BCUT2D eigenvalue weighted by atomic mass is 16.4. The van der Waals surface area contributed by atoms with Crippen LogP contribution < -0.4 is 4.90 Å². The first kappa shape index (κ1) is 14.0. The molecule has 0 aromatic carbocycles. The number of nitriles is 1. The lowest BCUT2D eigenvalue weighted by molar-refractivity contribution is -0.142. The van der Waals surface area contributed by atoms with Gasteiger partial charge in [0, 0.05) is 12.2 Å². The van der Waals surface area contributed by atoms with Gasteiger partial charge in [0.2, 0.25) is 0 Å². The molecule has 1 rings (SSSR count). The minimum Gasteiger partial charge on any atom is -0.480 e. The van der Waals surface area contributed by atoms with Crippen molar-refractivity contribution < 1.29 is 9.90 Å². The molecule has 0 aliphatic carbocycles. The maximum atomic E-state index is 11.3. The fraction of sp³-hybridized carbons (Fsp3) is 0.462. The van der Waals surface area contributed by atoms with E-state index in [1.54, 1.807) is 30.9 Å². The molecular weight excluding hydrogens is 230 g/mol. The Morgan fingerprint density at radius 3 is 2.61 bits per heavy atom. The largest absolute Gasteiger partial charge is 0.480 e. The van der Waals surface area contributed by atoms with E-state index in [-0.39, 0.29) is 0 Å². The second-order valence-corrected chi connectivity index (χ2v) is 4.54. The van der Waals surface area contributed by atoms with Crippen LogP contribution in [0.5, 0.6) is 0 Å². The van der Waals surface area contributed by atoms with Crippen LogP contribution in [0.4, 0.5) is 5.82 Å². The van der Waals surface area contributed by atoms with Crippen LogP contribution >= 0.6 is 0 Å². The Labute approximate surface area is 107 Å². The van der Waals surface area contributed by atoms with Crippen LogP contribution in [0, 0.1) is 18.3 Å². The van der Waals surface area contributed by atoms with Crippen molar-refractivity contribution in [2.45, 2.75) is 33.2 Å². The van der Waals surface area contributed by atoms with Crippen molar-refractivity contribution in [2.24, 2.45) is 0 Å². The minimum absolute atomic E-state index is 0.386. The number of hydrogen-bond acceptors (Lipinski definition) is 4. The number of aromatic nitrogens is 1. The van der Waals surface area contributed by atoms with Crippen LogP contribution in [-0.4, -0.2) is 28.1 Å². The van der Waals surface area contributed by atoms with Gasteiger partial charge in [-0.05, 0) is 39.8 Å². The lowest BCUT2D eigenvalue weighted by Crippen LogP contribution is -2.51. The molecule has 0 amide bonds. The first-order chi connectivity index (χ1) is 8.34. The van der Waals surface area contributed by atoms with Crippen LogP contribution in [0.1, 0.15) is 32.0 Å². The van der Waals surface area contributed by atoms with Gasteiger partial charge in [0.05, 0.1) is 5.56 Å². The molecule has 0 aliphatic heterocycles. The fourth-order valence-electron chi connectivity index (χ4n) is 1.76. The summed E-state index contributed by atoms with van der Waals surface area (Å²) >= 11 is 0. The van der Waals surface area contributed by atoms with Crippen molar-refractivity contribution in [3.63, 3.8) is 0 Å². The lowest BCUT2D eigenvalue weighted by Gasteiger charge is -2.35. The maximum absolute atomic E-state index is 11.3. The molecule has 0 spiro atoms. The normalized spacial score (nSPS) is 10.8. The molecule has 1 aromatic heterocycles. The third-order valence-corrected chi connectivity index (χ3v) is 2.90. The molecule has 0 saturated heterocycles. The van der Waals surface area contributed by atoms with Crippen molar-refractivity contribution in [3.8, 4) is 6.07 Å². The van der Waals surface area contributed by atoms with E-state index in [4.69, 9.17) is 5.26 Å². The Kier molecular flexibility index (Phi) is 3.92. The number of carboxylic acids is 1. The minimum atomic E-state index is -1.11. The van der Waals surface area contributed by atoms with Crippen LogP contribution in [0.2, 0.25) is 0 Å². The van der Waals surface area contributed by atoms with Gasteiger partial charge >= 0.3 is 5.97 Å². The summed E-state index contributed by atoms with van der Waals surface area (Å²) in [6.45, 7) is 7.32. The van der Waals surface area contributed by atoms with Gasteiger partial charge < -0.3 is 10.0 Å². The van der Waals surface area contributed by atoms with Crippen molar-refractivity contribution >= 4 is 11.8 Å². The van der Waals surface area contributed by atoms with Gasteiger partial charge in [0.1, 0.15) is 17.4 Å². The van der Waals surface area contributed by atoms with E-state index in [1.807, 2.05) is 13.8 Å². The molecule has 18 heavy (non-hydrogen) atoms. The summed E-state index contributed by atoms with van der Waals surface area (Å²) in [6, 6.07) is 5.46. The predicted octanol–water partition coefficient (Wildman–Crippen LogP) is 1.95. The molecule has 0 saturated carbocycles. The highest BCUT2D eigenvalue weighted by Crippen LogP contribution is 2.25. The van der Waals surface area contributed by atoms with E-state index in [0.717, 1.165) is 5.69 Å². The van der Waals surface area contributed by atoms with Gasteiger partial charge in [-0.3, -0.25) is 0 Å². The van der Waals surface area contributed by atoms with Crippen LogP contribution in [0.3, 0.4) is 0 Å². The summed E-state index contributed by atoms with van der Waals surface area (Å²) in [5.74, 6) is -0.524. The highest BCUT2D eigenvalue weighted by molar-refractivity contribution is 5.82. The topological polar surface area (TPSA) is 77.2 Å². The quantitative estimate of drug-likeness (QED) is 0.879. The van der Waals surface area contributed by atoms with Crippen LogP contribution in [-0.2, 0) is 4.79 Å². The monoisotopic (exact) mass is 247 g/mol. The second kappa shape index (κ2) is 5.05. The number of anilines is 1. The number of aliphatic carboxylic acids is 1. The zero-order chi connectivity index (χ0) is 13.9. The zero-order valence-electron chi connectivity index (χ0n) is 11.1. The van der Waals surface area contributed by atoms with Gasteiger partial charge in [-0.1, -0.05) is 0 Å². The van der Waals surface area contributed by atoms with Gasteiger partial charge in [-0.2, -0.15) is 5.26 Å². The number of carbonyl (C=O) groups is 1. The second-order valence-electron chi connectivity index (χ2n) is 4.54. The molecule has 0 unspecified atom stereocenters. The van der Waals surface area contributed by atoms with E-state index < -0.39 is 11.5 Å². The van der Waals surface area contributed by atoms with E-state index in [9.17, 15) is 9.90 Å². The molecular formula is C13H17N3O2. The van der Waals surface area contributed by atoms with Crippen molar-refractivity contribution in [1.29, 1.82) is 5.26 Å². The number of likely N-dealkylation sites (N-methyl/N-ethyl adjacent to an activating group) is 1. The molecule has 5 heteroatoms. The fourth-order valence-corrected chi connectivity index (χ4v) is 1.76.